The lowest BCUT2D eigenvalue weighted by Crippen LogP contribution is -2.48. The van der Waals surface area contributed by atoms with Crippen LogP contribution in [0, 0.1) is 5.92 Å². The summed E-state index contributed by atoms with van der Waals surface area (Å²) >= 11 is 0. The van der Waals surface area contributed by atoms with Crippen molar-refractivity contribution in [3.8, 4) is 5.75 Å². The minimum atomic E-state index is -0.0948. The fourth-order valence-electron chi connectivity index (χ4n) is 3.59. The number of piperidine rings is 1. The highest BCUT2D eigenvalue weighted by Crippen LogP contribution is 2.28. The molecule has 1 saturated heterocycles. The second-order valence-corrected chi connectivity index (χ2v) is 6.78. The second kappa shape index (κ2) is 8.92. The molecule has 0 radical (unpaired) electrons. The van der Waals surface area contributed by atoms with Crippen LogP contribution in [0.3, 0.4) is 0 Å². The molecule has 2 atom stereocenters. The van der Waals surface area contributed by atoms with Crippen LogP contribution in [0.4, 0.5) is 0 Å². The molecule has 1 aromatic rings. The largest absolute Gasteiger partial charge is 0.488 e. The number of rotatable bonds is 5. The lowest BCUT2D eigenvalue weighted by molar-refractivity contribution is -0.149. The molecule has 0 spiro atoms. The van der Waals surface area contributed by atoms with Gasteiger partial charge in [-0.2, -0.15) is 0 Å². The van der Waals surface area contributed by atoms with Crippen LogP contribution in [-0.4, -0.2) is 55.7 Å². The van der Waals surface area contributed by atoms with Crippen molar-refractivity contribution in [2.24, 2.45) is 10.9 Å². The number of hydrogen-bond acceptors (Lipinski definition) is 4. The molecule has 0 saturated carbocycles. The molecular formula is C20H29N3O3. The summed E-state index contributed by atoms with van der Waals surface area (Å²) in [6.45, 7) is 7.32. The standard InChI is InChI=1S/C20H29N3O3/c1-3-21-20(23-11-7-9-16(14-23)19(24)25-4-2)22-13-17-12-15-8-5-6-10-18(15)26-17/h5-6,8,10,16-17H,3-4,7,9,11-14H2,1-2H3,(H,21,22). The van der Waals surface area contributed by atoms with Crippen LogP contribution in [0.5, 0.6) is 5.75 Å². The van der Waals surface area contributed by atoms with Crippen molar-refractivity contribution in [1.29, 1.82) is 0 Å². The van der Waals surface area contributed by atoms with E-state index in [4.69, 9.17) is 14.5 Å². The molecule has 6 heteroatoms. The number of hydrogen-bond donors (Lipinski definition) is 1. The SMILES string of the molecule is CCNC(=NCC1Cc2ccccc2O1)N1CCCC(C(=O)OCC)C1. The van der Waals surface area contributed by atoms with Gasteiger partial charge in [0.15, 0.2) is 5.96 Å². The highest BCUT2D eigenvalue weighted by molar-refractivity contribution is 5.81. The molecule has 0 amide bonds. The summed E-state index contributed by atoms with van der Waals surface area (Å²) < 4.78 is 11.2. The first kappa shape index (κ1) is 18.5. The van der Waals surface area contributed by atoms with Gasteiger partial charge in [-0.1, -0.05) is 18.2 Å². The number of fused-ring (bicyclic) bond motifs is 1. The van der Waals surface area contributed by atoms with Crippen LogP contribution in [0.25, 0.3) is 0 Å². The Labute approximate surface area is 155 Å². The minimum Gasteiger partial charge on any atom is -0.488 e. The van der Waals surface area contributed by atoms with Crippen LogP contribution in [0.1, 0.15) is 32.3 Å². The lowest BCUT2D eigenvalue weighted by atomic mass is 9.98. The molecule has 1 aromatic carbocycles. The Morgan fingerprint density at radius 3 is 3.00 bits per heavy atom. The summed E-state index contributed by atoms with van der Waals surface area (Å²) in [6.07, 6.45) is 2.83. The molecule has 2 aliphatic rings. The topological polar surface area (TPSA) is 63.2 Å². The monoisotopic (exact) mass is 359 g/mol. The van der Waals surface area contributed by atoms with E-state index >= 15 is 0 Å². The number of carbonyl (C=O) groups is 1. The summed E-state index contributed by atoms with van der Waals surface area (Å²) in [5.74, 6) is 1.67. The number of guanidine groups is 1. The van der Waals surface area contributed by atoms with Gasteiger partial charge in [-0.05, 0) is 38.3 Å². The van der Waals surface area contributed by atoms with Gasteiger partial charge >= 0.3 is 5.97 Å². The van der Waals surface area contributed by atoms with E-state index in [1.165, 1.54) is 5.56 Å². The Balaban J connectivity index is 1.61. The van der Waals surface area contributed by atoms with Gasteiger partial charge in [0, 0.05) is 26.1 Å². The molecule has 2 aliphatic heterocycles. The Hall–Kier alpha value is -2.24. The fraction of sp³-hybridized carbons (Fsp3) is 0.600. The first-order valence-corrected chi connectivity index (χ1v) is 9.65. The Morgan fingerprint density at radius 2 is 2.23 bits per heavy atom. The van der Waals surface area contributed by atoms with Crippen molar-refractivity contribution in [2.75, 3.05) is 32.8 Å². The number of ether oxygens (including phenoxy) is 2. The van der Waals surface area contributed by atoms with E-state index in [0.717, 1.165) is 44.1 Å². The van der Waals surface area contributed by atoms with Gasteiger partial charge in [0.25, 0.3) is 0 Å². The van der Waals surface area contributed by atoms with Crippen LogP contribution in [0.2, 0.25) is 0 Å². The molecule has 6 nitrogen and oxygen atoms in total. The summed E-state index contributed by atoms with van der Waals surface area (Å²) in [6, 6.07) is 8.16. The number of aliphatic imine (C=N–C) groups is 1. The van der Waals surface area contributed by atoms with Gasteiger partial charge < -0.3 is 19.7 Å². The van der Waals surface area contributed by atoms with Crippen LogP contribution < -0.4 is 10.1 Å². The summed E-state index contributed by atoms with van der Waals surface area (Å²) in [5, 5.41) is 3.36. The second-order valence-electron chi connectivity index (χ2n) is 6.78. The van der Waals surface area contributed by atoms with Crippen molar-refractivity contribution in [3.63, 3.8) is 0 Å². The maximum atomic E-state index is 12.1. The van der Waals surface area contributed by atoms with Crippen molar-refractivity contribution in [3.05, 3.63) is 29.8 Å². The highest BCUT2D eigenvalue weighted by Gasteiger charge is 2.29. The number of benzene rings is 1. The Bertz CT molecular complexity index is 622. The van der Waals surface area contributed by atoms with Crippen LogP contribution in [-0.2, 0) is 16.0 Å². The number of likely N-dealkylation sites (tertiary alicyclic amines) is 1. The van der Waals surface area contributed by atoms with E-state index in [0.29, 0.717) is 19.7 Å². The van der Waals surface area contributed by atoms with Gasteiger partial charge in [0.05, 0.1) is 19.1 Å². The van der Waals surface area contributed by atoms with Gasteiger partial charge in [0.2, 0.25) is 0 Å². The van der Waals surface area contributed by atoms with Gasteiger partial charge in [0.1, 0.15) is 11.9 Å². The summed E-state index contributed by atoms with van der Waals surface area (Å²) in [5.41, 5.74) is 1.25. The molecule has 0 bridgehead atoms. The lowest BCUT2D eigenvalue weighted by Gasteiger charge is -2.34. The quantitative estimate of drug-likeness (QED) is 0.496. The zero-order valence-corrected chi connectivity index (χ0v) is 15.7. The average molecular weight is 359 g/mol. The maximum absolute atomic E-state index is 12.1. The molecule has 142 valence electrons. The number of nitrogens with one attached hydrogen (secondary N) is 1. The maximum Gasteiger partial charge on any atom is 0.310 e. The Morgan fingerprint density at radius 1 is 1.38 bits per heavy atom. The zero-order chi connectivity index (χ0) is 18.4. The third-order valence-electron chi connectivity index (χ3n) is 4.83. The Kier molecular flexibility index (Phi) is 6.36. The molecule has 1 fully saturated rings. The van der Waals surface area contributed by atoms with Gasteiger partial charge in [-0.15, -0.1) is 0 Å². The van der Waals surface area contributed by atoms with Crippen molar-refractivity contribution >= 4 is 11.9 Å². The third-order valence-corrected chi connectivity index (χ3v) is 4.83. The van der Waals surface area contributed by atoms with E-state index in [-0.39, 0.29) is 18.0 Å². The number of nitrogens with zero attached hydrogens (tertiary/aromatic N) is 2. The summed E-state index contributed by atoms with van der Waals surface area (Å²) in [7, 11) is 0. The smallest absolute Gasteiger partial charge is 0.310 e. The third kappa shape index (κ3) is 4.48. The molecular weight excluding hydrogens is 330 g/mol. The molecule has 2 unspecified atom stereocenters. The molecule has 1 N–H and O–H groups in total. The highest BCUT2D eigenvalue weighted by atomic mass is 16.5. The van der Waals surface area contributed by atoms with Gasteiger partial charge in [-0.3, -0.25) is 4.79 Å². The molecule has 0 aromatic heterocycles. The number of carbonyl (C=O) groups excluding carboxylic acids is 1. The van der Waals surface area contributed by atoms with E-state index in [1.807, 2.05) is 25.1 Å². The van der Waals surface area contributed by atoms with E-state index in [2.05, 4.69) is 23.2 Å². The molecule has 3 rings (SSSR count). The average Bonchev–Trinajstić information content (AvgIpc) is 3.08. The van der Waals surface area contributed by atoms with Crippen molar-refractivity contribution in [2.45, 2.75) is 39.2 Å². The van der Waals surface area contributed by atoms with Crippen molar-refractivity contribution < 1.29 is 14.3 Å². The van der Waals surface area contributed by atoms with Gasteiger partial charge in [-0.25, -0.2) is 4.99 Å². The molecule has 0 aliphatic carbocycles. The predicted octanol–water partition coefficient (Wildman–Crippen LogP) is 2.23. The molecule has 26 heavy (non-hydrogen) atoms. The number of esters is 1. The predicted molar refractivity (Wildman–Crippen MR) is 101 cm³/mol. The van der Waals surface area contributed by atoms with Crippen LogP contribution >= 0.6 is 0 Å². The normalized spacial score (nSPS) is 22.5. The first-order valence-electron chi connectivity index (χ1n) is 9.65. The summed E-state index contributed by atoms with van der Waals surface area (Å²) in [4.78, 5) is 19.1. The van der Waals surface area contributed by atoms with Crippen molar-refractivity contribution in [1.82, 2.24) is 10.2 Å². The zero-order valence-electron chi connectivity index (χ0n) is 15.7. The fourth-order valence-corrected chi connectivity index (χ4v) is 3.59. The van der Waals surface area contributed by atoms with E-state index < -0.39 is 0 Å². The first-order chi connectivity index (χ1) is 12.7. The minimum absolute atomic E-state index is 0.0699. The number of para-hydroxylation sites is 1. The van der Waals surface area contributed by atoms with E-state index in [9.17, 15) is 4.79 Å². The molecule has 2 heterocycles. The van der Waals surface area contributed by atoms with E-state index in [1.54, 1.807) is 0 Å². The van der Waals surface area contributed by atoms with Crippen LogP contribution in [0.15, 0.2) is 29.3 Å².